The Morgan fingerprint density at radius 1 is 0.867 bits per heavy atom. The number of rotatable bonds is 7. The molecule has 0 heterocycles. The standard InChI is InChI=1S/C25H25NO4/c1-17-14-15-18(2)22(16-17)26-24(27)23(20-10-6-4-7-11-20)30-25(28)19(3)29-21-12-8-5-9-13-21/h4-16,19,23H,1-3H3,(H,26,27)/t19-,23+/m0/s1. The van der Waals surface area contributed by atoms with Crippen molar-refractivity contribution in [1.29, 1.82) is 0 Å². The van der Waals surface area contributed by atoms with Crippen molar-refractivity contribution in [3.8, 4) is 5.75 Å². The van der Waals surface area contributed by atoms with Crippen LogP contribution in [0.2, 0.25) is 0 Å². The number of para-hydroxylation sites is 1. The Kier molecular flexibility index (Phi) is 6.86. The van der Waals surface area contributed by atoms with Gasteiger partial charge in [-0.1, -0.05) is 60.7 Å². The molecule has 2 atom stereocenters. The van der Waals surface area contributed by atoms with Gasteiger partial charge in [0.05, 0.1) is 0 Å². The first kappa shape index (κ1) is 21.1. The summed E-state index contributed by atoms with van der Waals surface area (Å²) in [5.74, 6) is -0.489. The number of ether oxygens (including phenoxy) is 2. The van der Waals surface area contributed by atoms with E-state index in [9.17, 15) is 9.59 Å². The third kappa shape index (κ3) is 5.47. The van der Waals surface area contributed by atoms with Crippen molar-refractivity contribution >= 4 is 17.6 Å². The monoisotopic (exact) mass is 403 g/mol. The Balaban J connectivity index is 1.78. The Hall–Kier alpha value is -3.60. The molecule has 0 aliphatic carbocycles. The first-order chi connectivity index (χ1) is 14.4. The van der Waals surface area contributed by atoms with Gasteiger partial charge in [-0.2, -0.15) is 0 Å². The Morgan fingerprint density at radius 2 is 1.50 bits per heavy atom. The summed E-state index contributed by atoms with van der Waals surface area (Å²) >= 11 is 0. The van der Waals surface area contributed by atoms with Crippen molar-refractivity contribution in [1.82, 2.24) is 0 Å². The van der Waals surface area contributed by atoms with Crippen LogP contribution in [0.3, 0.4) is 0 Å². The smallest absolute Gasteiger partial charge is 0.348 e. The van der Waals surface area contributed by atoms with Crippen molar-refractivity contribution in [2.24, 2.45) is 0 Å². The quantitative estimate of drug-likeness (QED) is 0.564. The van der Waals surface area contributed by atoms with E-state index in [1.54, 1.807) is 43.3 Å². The van der Waals surface area contributed by atoms with Crippen LogP contribution in [0.4, 0.5) is 5.69 Å². The number of hydrogen-bond donors (Lipinski definition) is 1. The molecule has 154 valence electrons. The molecule has 0 fully saturated rings. The molecule has 0 radical (unpaired) electrons. The number of amides is 1. The zero-order valence-electron chi connectivity index (χ0n) is 17.3. The molecule has 1 N–H and O–H groups in total. The van der Waals surface area contributed by atoms with Gasteiger partial charge in [0, 0.05) is 11.3 Å². The lowest BCUT2D eigenvalue weighted by Gasteiger charge is -2.21. The molecule has 0 spiro atoms. The van der Waals surface area contributed by atoms with E-state index in [-0.39, 0.29) is 0 Å². The average Bonchev–Trinajstić information content (AvgIpc) is 2.75. The molecule has 0 saturated carbocycles. The fourth-order valence-electron chi connectivity index (χ4n) is 2.93. The molecule has 0 saturated heterocycles. The topological polar surface area (TPSA) is 64.6 Å². The van der Waals surface area contributed by atoms with Gasteiger partial charge in [0.2, 0.25) is 6.10 Å². The summed E-state index contributed by atoms with van der Waals surface area (Å²) < 4.78 is 11.2. The second-order valence-electron chi connectivity index (χ2n) is 7.11. The second kappa shape index (κ2) is 9.74. The fourth-order valence-corrected chi connectivity index (χ4v) is 2.93. The summed E-state index contributed by atoms with van der Waals surface area (Å²) in [6.07, 6.45) is -1.97. The van der Waals surface area contributed by atoms with Crippen LogP contribution in [0.1, 0.15) is 29.7 Å². The zero-order chi connectivity index (χ0) is 21.5. The van der Waals surface area contributed by atoms with Gasteiger partial charge in [0.1, 0.15) is 5.75 Å². The third-order valence-corrected chi connectivity index (χ3v) is 4.61. The number of carbonyl (C=O) groups excluding carboxylic acids is 2. The molecule has 3 rings (SSSR count). The molecule has 5 heteroatoms. The Bertz CT molecular complexity index is 1000. The normalized spacial score (nSPS) is 12.5. The molecule has 0 aliphatic rings. The SMILES string of the molecule is Cc1ccc(C)c(NC(=O)[C@H](OC(=O)[C@H](C)Oc2ccccc2)c2ccccc2)c1. The molecule has 0 bridgehead atoms. The summed E-state index contributed by atoms with van der Waals surface area (Å²) in [5.41, 5.74) is 3.22. The van der Waals surface area contributed by atoms with Crippen molar-refractivity contribution < 1.29 is 19.1 Å². The molecule has 30 heavy (non-hydrogen) atoms. The van der Waals surface area contributed by atoms with E-state index < -0.39 is 24.1 Å². The minimum atomic E-state index is -1.10. The third-order valence-electron chi connectivity index (χ3n) is 4.61. The van der Waals surface area contributed by atoms with E-state index in [0.717, 1.165) is 11.1 Å². The summed E-state index contributed by atoms with van der Waals surface area (Å²) in [6, 6.07) is 23.7. The lowest BCUT2D eigenvalue weighted by molar-refractivity contribution is -0.161. The van der Waals surface area contributed by atoms with Crippen LogP contribution in [0.25, 0.3) is 0 Å². The number of nitrogens with one attached hydrogen (secondary N) is 1. The molecule has 3 aromatic rings. The summed E-state index contributed by atoms with van der Waals surface area (Å²) in [7, 11) is 0. The molecular formula is C25H25NO4. The number of esters is 1. The number of hydrogen-bond acceptors (Lipinski definition) is 4. The van der Waals surface area contributed by atoms with E-state index >= 15 is 0 Å². The number of carbonyl (C=O) groups is 2. The maximum Gasteiger partial charge on any atom is 0.348 e. The molecule has 0 aromatic heterocycles. The van der Waals surface area contributed by atoms with Crippen LogP contribution < -0.4 is 10.1 Å². The molecular weight excluding hydrogens is 378 g/mol. The van der Waals surface area contributed by atoms with E-state index in [2.05, 4.69) is 5.32 Å². The summed E-state index contributed by atoms with van der Waals surface area (Å²) in [5, 5.41) is 2.89. The first-order valence-corrected chi connectivity index (χ1v) is 9.79. The summed E-state index contributed by atoms with van der Waals surface area (Å²) in [4.78, 5) is 25.7. The minimum Gasteiger partial charge on any atom is -0.479 e. The maximum absolute atomic E-state index is 13.1. The largest absolute Gasteiger partial charge is 0.479 e. The van der Waals surface area contributed by atoms with Crippen LogP contribution in [0.5, 0.6) is 5.75 Å². The van der Waals surface area contributed by atoms with E-state index in [0.29, 0.717) is 17.0 Å². The van der Waals surface area contributed by atoms with Crippen LogP contribution in [0.15, 0.2) is 78.9 Å². The number of anilines is 1. The van der Waals surface area contributed by atoms with Gasteiger partial charge in [-0.05, 0) is 50.1 Å². The maximum atomic E-state index is 13.1. The van der Waals surface area contributed by atoms with Gasteiger partial charge in [-0.25, -0.2) is 4.79 Å². The van der Waals surface area contributed by atoms with Crippen molar-refractivity contribution in [3.05, 3.63) is 95.6 Å². The van der Waals surface area contributed by atoms with Gasteiger partial charge < -0.3 is 14.8 Å². The zero-order valence-corrected chi connectivity index (χ0v) is 17.3. The van der Waals surface area contributed by atoms with Gasteiger partial charge >= 0.3 is 5.97 Å². The molecule has 0 aliphatic heterocycles. The highest BCUT2D eigenvalue weighted by Crippen LogP contribution is 2.23. The van der Waals surface area contributed by atoms with Crippen LogP contribution in [0, 0.1) is 13.8 Å². The van der Waals surface area contributed by atoms with Crippen LogP contribution in [-0.4, -0.2) is 18.0 Å². The van der Waals surface area contributed by atoms with Crippen molar-refractivity contribution in [2.45, 2.75) is 33.0 Å². The fraction of sp³-hybridized carbons (Fsp3) is 0.200. The molecule has 1 amide bonds. The lowest BCUT2D eigenvalue weighted by Crippen LogP contribution is -2.32. The highest BCUT2D eigenvalue weighted by Gasteiger charge is 2.28. The predicted octanol–water partition coefficient (Wildman–Crippen LogP) is 4.99. The van der Waals surface area contributed by atoms with E-state index in [4.69, 9.17) is 9.47 Å². The van der Waals surface area contributed by atoms with E-state index in [1.165, 1.54) is 0 Å². The van der Waals surface area contributed by atoms with E-state index in [1.807, 2.05) is 56.3 Å². The lowest BCUT2D eigenvalue weighted by atomic mass is 10.1. The predicted molar refractivity (Wildman–Crippen MR) is 116 cm³/mol. The van der Waals surface area contributed by atoms with Crippen LogP contribution >= 0.6 is 0 Å². The summed E-state index contributed by atoms with van der Waals surface area (Å²) in [6.45, 7) is 5.46. The van der Waals surface area contributed by atoms with Gasteiger partial charge in [-0.3, -0.25) is 4.79 Å². The van der Waals surface area contributed by atoms with Crippen molar-refractivity contribution in [2.75, 3.05) is 5.32 Å². The second-order valence-corrected chi connectivity index (χ2v) is 7.11. The molecule has 5 nitrogen and oxygen atoms in total. The highest BCUT2D eigenvalue weighted by molar-refractivity contribution is 5.97. The molecule has 3 aromatic carbocycles. The van der Waals surface area contributed by atoms with Gasteiger partial charge in [-0.15, -0.1) is 0 Å². The minimum absolute atomic E-state index is 0.421. The first-order valence-electron chi connectivity index (χ1n) is 9.79. The number of benzene rings is 3. The van der Waals surface area contributed by atoms with Crippen molar-refractivity contribution in [3.63, 3.8) is 0 Å². The Labute approximate surface area is 176 Å². The molecule has 0 unspecified atom stereocenters. The number of aryl methyl sites for hydroxylation is 2. The van der Waals surface area contributed by atoms with Gasteiger partial charge in [0.25, 0.3) is 5.91 Å². The average molecular weight is 403 g/mol. The highest BCUT2D eigenvalue weighted by atomic mass is 16.6. The van der Waals surface area contributed by atoms with Gasteiger partial charge in [0.15, 0.2) is 6.10 Å². The Morgan fingerprint density at radius 3 is 2.17 bits per heavy atom. The van der Waals surface area contributed by atoms with Crippen LogP contribution in [-0.2, 0) is 14.3 Å².